The van der Waals surface area contributed by atoms with Gasteiger partial charge in [-0.15, -0.1) is 0 Å². The number of aryl methyl sites for hydroxylation is 1. The zero-order valence-corrected chi connectivity index (χ0v) is 15.3. The van der Waals surface area contributed by atoms with Gasteiger partial charge < -0.3 is 4.52 Å². The molecule has 0 aliphatic carbocycles. The molecule has 0 amide bonds. The van der Waals surface area contributed by atoms with Crippen LogP contribution in [0.2, 0.25) is 0 Å². The normalized spacial score (nSPS) is 10.6. The average Bonchev–Trinajstić information content (AvgIpc) is 3.19. The Morgan fingerprint density at radius 1 is 0.714 bits per heavy atom. The molecule has 3 aromatic carbocycles. The molecular weight excluding hydrogens is 350 g/mol. The van der Waals surface area contributed by atoms with Gasteiger partial charge in [-0.25, -0.2) is 0 Å². The molecule has 0 unspecified atom stereocenters. The number of benzene rings is 3. The van der Waals surface area contributed by atoms with E-state index in [4.69, 9.17) is 4.52 Å². The number of hydrogen-bond donors (Lipinski definition) is 0. The second kappa shape index (κ2) is 7.45. The third-order valence-corrected chi connectivity index (χ3v) is 4.52. The predicted molar refractivity (Wildman–Crippen MR) is 106 cm³/mol. The topological polar surface area (TPSA) is 60.2 Å². The van der Waals surface area contributed by atoms with Crippen LogP contribution in [0.4, 0.5) is 0 Å². The summed E-state index contributed by atoms with van der Waals surface area (Å²) in [5.74, 6) is -0.710. The van der Waals surface area contributed by atoms with E-state index in [1.165, 1.54) is 0 Å². The largest absolute Gasteiger partial charge is 0.351 e. The molecule has 1 heterocycles. The Balaban J connectivity index is 1.88. The van der Waals surface area contributed by atoms with Crippen molar-refractivity contribution in [3.63, 3.8) is 0 Å². The van der Waals surface area contributed by atoms with Gasteiger partial charge in [-0.05, 0) is 6.92 Å². The van der Waals surface area contributed by atoms with E-state index in [9.17, 15) is 9.59 Å². The minimum atomic E-state index is -0.370. The molecule has 4 heteroatoms. The summed E-state index contributed by atoms with van der Waals surface area (Å²) in [5.41, 5.74) is 3.28. The highest BCUT2D eigenvalue weighted by Crippen LogP contribution is 2.29. The van der Waals surface area contributed by atoms with E-state index in [1.54, 1.807) is 48.5 Å². The van der Waals surface area contributed by atoms with Crippen LogP contribution < -0.4 is 0 Å². The maximum absolute atomic E-state index is 13.3. The molecule has 0 fully saturated rings. The maximum Gasteiger partial charge on any atom is 0.231 e. The number of ketones is 2. The van der Waals surface area contributed by atoms with Crippen LogP contribution in [0.5, 0.6) is 0 Å². The molecule has 0 N–H and O–H groups in total. The van der Waals surface area contributed by atoms with Gasteiger partial charge in [-0.2, -0.15) is 0 Å². The molecule has 4 nitrogen and oxygen atoms in total. The van der Waals surface area contributed by atoms with Crippen LogP contribution in [0.1, 0.15) is 37.6 Å². The van der Waals surface area contributed by atoms with Crippen LogP contribution in [0, 0.1) is 6.92 Å². The standard InChI is InChI=1S/C24H17NO3/c1-16-12-14-17(15-13-16)21-20(22(26)18-8-4-2-5-9-18)24(28-25-21)23(27)19-10-6-3-7-11-19/h2-15H,1H3. The molecule has 28 heavy (non-hydrogen) atoms. The van der Waals surface area contributed by atoms with Gasteiger partial charge in [0, 0.05) is 16.7 Å². The van der Waals surface area contributed by atoms with Crippen LogP contribution >= 0.6 is 0 Å². The number of carbonyl (C=O) groups excluding carboxylic acids is 2. The van der Waals surface area contributed by atoms with Gasteiger partial charge in [0.15, 0.2) is 5.78 Å². The lowest BCUT2D eigenvalue weighted by Crippen LogP contribution is -2.10. The molecule has 1 aromatic heterocycles. The van der Waals surface area contributed by atoms with E-state index < -0.39 is 0 Å². The Morgan fingerprint density at radius 3 is 1.82 bits per heavy atom. The number of hydrogen-bond acceptors (Lipinski definition) is 4. The smallest absolute Gasteiger partial charge is 0.231 e. The molecule has 0 saturated carbocycles. The first-order chi connectivity index (χ1) is 13.6. The molecule has 0 atom stereocenters. The number of aromatic nitrogens is 1. The Hall–Kier alpha value is -3.79. The zero-order valence-electron chi connectivity index (χ0n) is 15.3. The first kappa shape index (κ1) is 17.6. The molecule has 0 aliphatic heterocycles. The average molecular weight is 367 g/mol. The van der Waals surface area contributed by atoms with Gasteiger partial charge >= 0.3 is 0 Å². The van der Waals surface area contributed by atoms with Gasteiger partial charge in [0.05, 0.1) is 0 Å². The summed E-state index contributed by atoms with van der Waals surface area (Å²) >= 11 is 0. The zero-order chi connectivity index (χ0) is 19.5. The monoisotopic (exact) mass is 367 g/mol. The van der Waals surface area contributed by atoms with Gasteiger partial charge in [0.1, 0.15) is 11.3 Å². The van der Waals surface area contributed by atoms with Crippen molar-refractivity contribution in [2.45, 2.75) is 6.92 Å². The maximum atomic E-state index is 13.3. The molecular formula is C24H17NO3. The van der Waals surface area contributed by atoms with Crippen LogP contribution in [0.15, 0.2) is 89.5 Å². The highest BCUT2D eigenvalue weighted by atomic mass is 16.5. The van der Waals surface area contributed by atoms with E-state index in [0.717, 1.165) is 11.1 Å². The molecule has 0 radical (unpaired) electrons. The quantitative estimate of drug-likeness (QED) is 0.460. The minimum Gasteiger partial charge on any atom is -0.351 e. The summed E-state index contributed by atoms with van der Waals surface area (Å²) in [4.78, 5) is 26.3. The Morgan fingerprint density at radius 2 is 1.25 bits per heavy atom. The molecule has 0 aliphatic rings. The molecule has 4 aromatic rings. The number of carbonyl (C=O) groups is 2. The summed E-state index contributed by atoms with van der Waals surface area (Å²) in [6.45, 7) is 1.98. The summed E-state index contributed by atoms with van der Waals surface area (Å²) in [5, 5.41) is 4.09. The lowest BCUT2D eigenvalue weighted by molar-refractivity contribution is 0.0978. The SMILES string of the molecule is Cc1ccc(-c2noc(C(=O)c3ccccc3)c2C(=O)c2ccccc2)cc1. The first-order valence-electron chi connectivity index (χ1n) is 8.91. The molecule has 136 valence electrons. The lowest BCUT2D eigenvalue weighted by atomic mass is 9.95. The molecule has 4 rings (SSSR count). The molecule has 0 bridgehead atoms. The predicted octanol–water partition coefficient (Wildman–Crippen LogP) is 5.11. The van der Waals surface area contributed by atoms with E-state index in [1.807, 2.05) is 43.3 Å². The van der Waals surface area contributed by atoms with Crippen molar-refractivity contribution in [1.82, 2.24) is 5.16 Å². The summed E-state index contributed by atoms with van der Waals surface area (Å²) in [6.07, 6.45) is 0. The van der Waals surface area contributed by atoms with Crippen molar-refractivity contribution in [2.75, 3.05) is 0 Å². The van der Waals surface area contributed by atoms with Crippen molar-refractivity contribution >= 4 is 11.6 Å². The third-order valence-electron chi connectivity index (χ3n) is 4.52. The van der Waals surface area contributed by atoms with Crippen LogP contribution in [-0.4, -0.2) is 16.7 Å². The van der Waals surface area contributed by atoms with Gasteiger partial charge in [0.25, 0.3) is 0 Å². The van der Waals surface area contributed by atoms with Crippen molar-refractivity contribution in [3.05, 3.63) is 113 Å². The third kappa shape index (κ3) is 3.28. The Labute approximate surface area is 162 Å². The summed E-state index contributed by atoms with van der Waals surface area (Å²) in [6, 6.07) is 25.2. The molecule has 0 spiro atoms. The lowest BCUT2D eigenvalue weighted by Gasteiger charge is -2.05. The van der Waals surface area contributed by atoms with E-state index in [2.05, 4.69) is 5.16 Å². The summed E-state index contributed by atoms with van der Waals surface area (Å²) < 4.78 is 5.42. The van der Waals surface area contributed by atoms with Crippen LogP contribution in [0.3, 0.4) is 0 Å². The van der Waals surface area contributed by atoms with Crippen molar-refractivity contribution in [2.24, 2.45) is 0 Å². The number of nitrogens with zero attached hydrogens (tertiary/aromatic N) is 1. The Bertz CT molecular complexity index is 1130. The fourth-order valence-electron chi connectivity index (χ4n) is 3.02. The second-order valence-electron chi connectivity index (χ2n) is 6.49. The van der Waals surface area contributed by atoms with E-state index in [-0.39, 0.29) is 22.9 Å². The van der Waals surface area contributed by atoms with E-state index >= 15 is 0 Å². The van der Waals surface area contributed by atoms with Crippen molar-refractivity contribution < 1.29 is 14.1 Å². The van der Waals surface area contributed by atoms with Crippen LogP contribution in [0.25, 0.3) is 11.3 Å². The fraction of sp³-hybridized carbons (Fsp3) is 0.0417. The van der Waals surface area contributed by atoms with Gasteiger partial charge in [0.2, 0.25) is 11.5 Å². The first-order valence-corrected chi connectivity index (χ1v) is 8.91. The number of rotatable bonds is 5. The fourth-order valence-corrected chi connectivity index (χ4v) is 3.02. The van der Waals surface area contributed by atoms with Gasteiger partial charge in [-0.1, -0.05) is 95.6 Å². The van der Waals surface area contributed by atoms with E-state index in [0.29, 0.717) is 16.8 Å². The Kier molecular flexibility index (Phi) is 4.68. The van der Waals surface area contributed by atoms with Crippen LogP contribution in [-0.2, 0) is 0 Å². The highest BCUT2D eigenvalue weighted by molar-refractivity contribution is 6.20. The highest BCUT2D eigenvalue weighted by Gasteiger charge is 2.29. The minimum absolute atomic E-state index is 0.0457. The molecule has 0 saturated heterocycles. The van der Waals surface area contributed by atoms with Crippen molar-refractivity contribution in [1.29, 1.82) is 0 Å². The second-order valence-corrected chi connectivity index (χ2v) is 6.49. The van der Waals surface area contributed by atoms with Gasteiger partial charge in [-0.3, -0.25) is 9.59 Å². The van der Waals surface area contributed by atoms with Crippen molar-refractivity contribution in [3.8, 4) is 11.3 Å². The summed E-state index contributed by atoms with van der Waals surface area (Å²) in [7, 11) is 0.